The molecular weight excluding hydrogens is 444 g/mol. The summed E-state index contributed by atoms with van der Waals surface area (Å²) in [4.78, 5) is 29.6. The van der Waals surface area contributed by atoms with Crippen LogP contribution in [0.4, 0.5) is 0 Å². The Labute approximate surface area is 207 Å². The van der Waals surface area contributed by atoms with Crippen LogP contribution in [0.3, 0.4) is 0 Å². The molecule has 1 fully saturated rings. The molecular formula is C28H36N2O5. The number of aliphatic hydroxyl groups is 1. The molecule has 0 spiro atoms. The van der Waals surface area contributed by atoms with E-state index in [1.165, 1.54) is 4.90 Å². The first-order valence-corrected chi connectivity index (χ1v) is 12.3. The van der Waals surface area contributed by atoms with E-state index in [1.54, 1.807) is 24.3 Å². The number of hydrogen-bond donors (Lipinski definition) is 1. The Hall–Kier alpha value is -3.32. The summed E-state index contributed by atoms with van der Waals surface area (Å²) in [5.74, 6) is -0.0708. The van der Waals surface area contributed by atoms with Gasteiger partial charge in [0.05, 0.1) is 24.8 Å². The molecule has 1 aliphatic rings. The fourth-order valence-corrected chi connectivity index (χ4v) is 4.08. The van der Waals surface area contributed by atoms with E-state index >= 15 is 0 Å². The molecule has 0 aromatic heterocycles. The number of benzene rings is 2. The Morgan fingerprint density at radius 3 is 2.17 bits per heavy atom. The van der Waals surface area contributed by atoms with Crippen LogP contribution in [0, 0.1) is 0 Å². The average Bonchev–Trinajstić information content (AvgIpc) is 3.11. The van der Waals surface area contributed by atoms with Crippen molar-refractivity contribution >= 4 is 17.4 Å². The zero-order chi connectivity index (χ0) is 25.4. The highest BCUT2D eigenvalue weighted by Gasteiger charge is 2.45. The van der Waals surface area contributed by atoms with Gasteiger partial charge in [0, 0.05) is 18.7 Å². The van der Waals surface area contributed by atoms with Gasteiger partial charge < -0.3 is 24.4 Å². The maximum atomic E-state index is 13.1. The minimum absolute atomic E-state index is 0.0922. The molecule has 1 N–H and O–H groups in total. The van der Waals surface area contributed by atoms with E-state index in [-0.39, 0.29) is 11.3 Å². The Bertz CT molecular complexity index is 1030. The summed E-state index contributed by atoms with van der Waals surface area (Å²) in [7, 11) is 3.82. The van der Waals surface area contributed by atoms with Crippen LogP contribution in [-0.4, -0.2) is 67.0 Å². The lowest BCUT2D eigenvalue weighted by molar-refractivity contribution is -0.140. The molecule has 1 aliphatic heterocycles. The van der Waals surface area contributed by atoms with E-state index in [2.05, 4.69) is 6.92 Å². The van der Waals surface area contributed by atoms with E-state index in [4.69, 9.17) is 9.47 Å². The summed E-state index contributed by atoms with van der Waals surface area (Å²) in [6, 6.07) is 13.6. The molecule has 7 heteroatoms. The Balaban J connectivity index is 1.95. The van der Waals surface area contributed by atoms with Gasteiger partial charge in [-0.15, -0.1) is 0 Å². The molecule has 3 rings (SSSR count). The summed E-state index contributed by atoms with van der Waals surface area (Å²) >= 11 is 0. The monoisotopic (exact) mass is 480 g/mol. The number of carbonyl (C=O) groups is 2. The quantitative estimate of drug-likeness (QED) is 0.206. The summed E-state index contributed by atoms with van der Waals surface area (Å²) in [5.41, 5.74) is 1.30. The summed E-state index contributed by atoms with van der Waals surface area (Å²) < 4.78 is 11.3. The number of carbonyl (C=O) groups excluding carboxylic acids is 2. The normalized spacial score (nSPS) is 17.3. The van der Waals surface area contributed by atoms with Gasteiger partial charge in [-0.05, 0) is 69.4 Å². The number of aliphatic hydroxyl groups excluding tert-OH is 1. The van der Waals surface area contributed by atoms with Crippen LogP contribution in [0.1, 0.15) is 50.3 Å². The van der Waals surface area contributed by atoms with Crippen molar-refractivity contribution in [3.8, 4) is 11.5 Å². The number of hydrogen-bond acceptors (Lipinski definition) is 6. The molecule has 35 heavy (non-hydrogen) atoms. The van der Waals surface area contributed by atoms with E-state index in [9.17, 15) is 14.7 Å². The van der Waals surface area contributed by atoms with Gasteiger partial charge in [0.25, 0.3) is 11.7 Å². The molecule has 2 aromatic rings. The van der Waals surface area contributed by atoms with Crippen molar-refractivity contribution in [2.45, 2.75) is 39.2 Å². The molecule has 0 aliphatic carbocycles. The standard InChI is InChI=1S/C28H36N2O5/c1-5-7-8-19-35-23-15-11-21(12-16-23)26(31)24-25(20-9-13-22(14-10-20)34-6-2)30(18-17-29(3)4)28(33)27(24)32/h9-16,25,31H,5-8,17-19H2,1-4H3/b26-24-. The maximum Gasteiger partial charge on any atom is 0.295 e. The van der Waals surface area contributed by atoms with Crippen LogP contribution in [-0.2, 0) is 9.59 Å². The lowest BCUT2D eigenvalue weighted by Crippen LogP contribution is -2.35. The summed E-state index contributed by atoms with van der Waals surface area (Å²) in [5, 5.41) is 11.2. The Kier molecular flexibility index (Phi) is 9.32. The first kappa shape index (κ1) is 26.3. The molecule has 0 saturated carbocycles. The second-order valence-electron chi connectivity index (χ2n) is 8.88. The first-order valence-electron chi connectivity index (χ1n) is 12.3. The Morgan fingerprint density at radius 2 is 1.57 bits per heavy atom. The third-order valence-electron chi connectivity index (χ3n) is 5.98. The summed E-state index contributed by atoms with van der Waals surface area (Å²) in [6.45, 7) is 6.17. The van der Waals surface area contributed by atoms with Gasteiger partial charge in [-0.2, -0.15) is 0 Å². The van der Waals surface area contributed by atoms with Gasteiger partial charge in [-0.1, -0.05) is 31.9 Å². The number of amides is 1. The van der Waals surface area contributed by atoms with Gasteiger partial charge >= 0.3 is 0 Å². The molecule has 2 aromatic carbocycles. The van der Waals surface area contributed by atoms with Gasteiger partial charge in [0.2, 0.25) is 0 Å². The van der Waals surface area contributed by atoms with Crippen LogP contribution >= 0.6 is 0 Å². The van der Waals surface area contributed by atoms with Gasteiger partial charge in [0.15, 0.2) is 0 Å². The number of ether oxygens (including phenoxy) is 2. The maximum absolute atomic E-state index is 13.1. The van der Waals surface area contributed by atoms with Gasteiger partial charge in [0.1, 0.15) is 17.3 Å². The van der Waals surface area contributed by atoms with Crippen molar-refractivity contribution < 1.29 is 24.2 Å². The zero-order valence-electron chi connectivity index (χ0n) is 21.1. The SMILES string of the molecule is CCCCCOc1ccc(/C(O)=C2/C(=O)C(=O)N(CCN(C)C)C2c2ccc(OCC)cc2)cc1. The minimum atomic E-state index is -0.685. The minimum Gasteiger partial charge on any atom is -0.507 e. The number of Topliss-reactive ketones (excluding diaryl/α,β-unsaturated/α-hetero) is 1. The van der Waals surface area contributed by atoms with Crippen LogP contribution in [0.25, 0.3) is 5.76 Å². The number of rotatable bonds is 12. The zero-order valence-corrected chi connectivity index (χ0v) is 21.1. The molecule has 1 atom stereocenters. The molecule has 1 unspecified atom stereocenters. The molecule has 1 heterocycles. The lowest BCUT2D eigenvalue weighted by atomic mass is 9.95. The van der Waals surface area contributed by atoms with Crippen molar-refractivity contribution in [2.75, 3.05) is 40.4 Å². The number of likely N-dealkylation sites (tertiary alicyclic amines) is 1. The van der Waals surface area contributed by atoms with Gasteiger partial charge in [-0.25, -0.2) is 0 Å². The molecule has 0 bridgehead atoms. The van der Waals surface area contributed by atoms with E-state index in [0.29, 0.717) is 43.4 Å². The van der Waals surface area contributed by atoms with E-state index in [0.717, 1.165) is 24.8 Å². The fraction of sp³-hybridized carbons (Fsp3) is 0.429. The molecule has 1 saturated heterocycles. The van der Waals surface area contributed by atoms with Crippen molar-refractivity contribution in [1.82, 2.24) is 9.80 Å². The third kappa shape index (κ3) is 6.42. The fourth-order valence-electron chi connectivity index (χ4n) is 4.08. The molecule has 188 valence electrons. The molecule has 0 radical (unpaired) electrons. The number of likely N-dealkylation sites (N-methyl/N-ethyl adjacent to an activating group) is 1. The van der Waals surface area contributed by atoms with Gasteiger partial charge in [-0.3, -0.25) is 9.59 Å². The first-order chi connectivity index (χ1) is 16.9. The molecule has 7 nitrogen and oxygen atoms in total. The summed E-state index contributed by atoms with van der Waals surface area (Å²) in [6.07, 6.45) is 3.21. The number of ketones is 1. The molecule has 1 amide bonds. The predicted molar refractivity (Wildman–Crippen MR) is 137 cm³/mol. The van der Waals surface area contributed by atoms with Crippen LogP contribution in [0.15, 0.2) is 54.1 Å². The highest BCUT2D eigenvalue weighted by molar-refractivity contribution is 6.46. The van der Waals surface area contributed by atoms with Crippen LogP contribution in [0.5, 0.6) is 11.5 Å². The lowest BCUT2D eigenvalue weighted by Gasteiger charge is -2.26. The Morgan fingerprint density at radius 1 is 0.943 bits per heavy atom. The van der Waals surface area contributed by atoms with E-state index < -0.39 is 17.7 Å². The third-order valence-corrected chi connectivity index (χ3v) is 5.98. The predicted octanol–water partition coefficient (Wildman–Crippen LogP) is 4.64. The topological polar surface area (TPSA) is 79.3 Å². The average molecular weight is 481 g/mol. The smallest absolute Gasteiger partial charge is 0.295 e. The van der Waals surface area contributed by atoms with Crippen LogP contribution in [0.2, 0.25) is 0 Å². The second kappa shape index (κ2) is 12.4. The number of nitrogens with zero attached hydrogens (tertiary/aromatic N) is 2. The van der Waals surface area contributed by atoms with Crippen molar-refractivity contribution in [3.63, 3.8) is 0 Å². The van der Waals surface area contributed by atoms with E-state index in [1.807, 2.05) is 50.2 Å². The second-order valence-corrected chi connectivity index (χ2v) is 8.88. The number of unbranched alkanes of at least 4 members (excludes halogenated alkanes) is 2. The largest absolute Gasteiger partial charge is 0.507 e. The highest BCUT2D eigenvalue weighted by atomic mass is 16.5. The van der Waals surface area contributed by atoms with Crippen LogP contribution < -0.4 is 9.47 Å². The van der Waals surface area contributed by atoms with Crippen molar-refractivity contribution in [3.05, 3.63) is 65.2 Å². The highest BCUT2D eigenvalue weighted by Crippen LogP contribution is 2.39. The van der Waals surface area contributed by atoms with Crippen molar-refractivity contribution in [1.29, 1.82) is 0 Å². The van der Waals surface area contributed by atoms with Crippen molar-refractivity contribution in [2.24, 2.45) is 0 Å².